The van der Waals surface area contributed by atoms with E-state index in [4.69, 9.17) is 10.5 Å². The van der Waals surface area contributed by atoms with Gasteiger partial charge in [-0.1, -0.05) is 12.8 Å². The molecular weight excluding hydrogens is 270 g/mol. The summed E-state index contributed by atoms with van der Waals surface area (Å²) in [6.45, 7) is 0.0168. The molecule has 0 spiro atoms. The zero-order valence-electron chi connectivity index (χ0n) is 12.1. The van der Waals surface area contributed by atoms with Gasteiger partial charge in [0.05, 0.1) is 29.2 Å². The number of nitrogen functional groups attached to an aromatic ring is 1. The Kier molecular flexibility index (Phi) is 3.63. The molecule has 2 unspecified atom stereocenters. The standard InChI is InChI=1S/C15H21N3O3/c1-18(11-4-2-3-5-13(11)19)12-7-10-14(6-9(12)16)21-8-15(20)17-10/h6-7,11,13,19H,2-5,8,16H2,1H3,(H,17,20). The van der Waals surface area contributed by atoms with Crippen LogP contribution in [0.1, 0.15) is 25.7 Å². The number of amides is 1. The van der Waals surface area contributed by atoms with Gasteiger partial charge in [-0.25, -0.2) is 0 Å². The van der Waals surface area contributed by atoms with Crippen molar-refractivity contribution in [3.63, 3.8) is 0 Å². The minimum Gasteiger partial charge on any atom is -0.482 e. The molecule has 0 aromatic heterocycles. The van der Waals surface area contributed by atoms with Crippen molar-refractivity contribution in [2.75, 3.05) is 29.6 Å². The molecule has 1 aliphatic heterocycles. The smallest absolute Gasteiger partial charge is 0.262 e. The third-order valence-electron chi connectivity index (χ3n) is 4.33. The van der Waals surface area contributed by atoms with Gasteiger partial charge in [0.2, 0.25) is 0 Å². The number of likely N-dealkylation sites (N-methyl/N-ethyl adjacent to an activating group) is 1. The Labute approximate surface area is 123 Å². The molecule has 0 bridgehead atoms. The lowest BCUT2D eigenvalue weighted by molar-refractivity contribution is -0.118. The number of rotatable bonds is 2. The second-order valence-electron chi connectivity index (χ2n) is 5.77. The van der Waals surface area contributed by atoms with Crippen LogP contribution in [-0.4, -0.2) is 36.8 Å². The van der Waals surface area contributed by atoms with Crippen LogP contribution in [-0.2, 0) is 4.79 Å². The summed E-state index contributed by atoms with van der Waals surface area (Å²) in [5.41, 5.74) is 8.15. The van der Waals surface area contributed by atoms with Gasteiger partial charge in [-0.15, -0.1) is 0 Å². The SMILES string of the molecule is CN(c1cc2c(cc1N)OCC(=O)N2)C1CCCCC1O. The fourth-order valence-corrected chi connectivity index (χ4v) is 3.16. The first kappa shape index (κ1) is 14.0. The molecular formula is C15H21N3O3. The van der Waals surface area contributed by atoms with Crippen molar-refractivity contribution in [1.82, 2.24) is 0 Å². The van der Waals surface area contributed by atoms with Crippen LogP contribution < -0.4 is 20.7 Å². The molecule has 6 nitrogen and oxygen atoms in total. The highest BCUT2D eigenvalue weighted by Gasteiger charge is 2.29. The predicted molar refractivity (Wildman–Crippen MR) is 81.6 cm³/mol. The maximum absolute atomic E-state index is 11.4. The minimum atomic E-state index is -0.343. The van der Waals surface area contributed by atoms with Crippen LogP contribution in [0.25, 0.3) is 0 Å². The van der Waals surface area contributed by atoms with E-state index in [1.807, 2.05) is 18.0 Å². The number of aliphatic hydroxyl groups is 1. The van der Waals surface area contributed by atoms with Crippen molar-refractivity contribution in [1.29, 1.82) is 0 Å². The number of carbonyl (C=O) groups is 1. The maximum atomic E-state index is 11.4. The van der Waals surface area contributed by atoms with Gasteiger partial charge in [0.15, 0.2) is 6.61 Å². The van der Waals surface area contributed by atoms with Gasteiger partial charge in [0, 0.05) is 13.1 Å². The quantitative estimate of drug-likeness (QED) is 0.716. The van der Waals surface area contributed by atoms with E-state index in [0.717, 1.165) is 31.4 Å². The van der Waals surface area contributed by atoms with Gasteiger partial charge in [-0.05, 0) is 18.9 Å². The summed E-state index contributed by atoms with van der Waals surface area (Å²) in [5.74, 6) is 0.423. The lowest BCUT2D eigenvalue weighted by Gasteiger charge is -2.37. The molecule has 0 saturated heterocycles. The largest absolute Gasteiger partial charge is 0.482 e. The maximum Gasteiger partial charge on any atom is 0.262 e. The fourth-order valence-electron chi connectivity index (χ4n) is 3.16. The number of fused-ring (bicyclic) bond motifs is 1. The molecule has 1 aromatic carbocycles. The third-order valence-corrected chi connectivity index (χ3v) is 4.33. The molecule has 1 aromatic rings. The highest BCUT2D eigenvalue weighted by Crippen LogP contribution is 2.38. The molecule has 2 atom stereocenters. The van der Waals surface area contributed by atoms with E-state index in [9.17, 15) is 9.90 Å². The fraction of sp³-hybridized carbons (Fsp3) is 0.533. The molecule has 4 N–H and O–H groups in total. The highest BCUT2D eigenvalue weighted by molar-refractivity contribution is 5.97. The summed E-state index contributed by atoms with van der Waals surface area (Å²) in [5, 5.41) is 13.0. The highest BCUT2D eigenvalue weighted by atomic mass is 16.5. The number of ether oxygens (including phenoxy) is 1. The molecule has 6 heteroatoms. The van der Waals surface area contributed by atoms with Crippen molar-refractivity contribution in [3.05, 3.63) is 12.1 Å². The summed E-state index contributed by atoms with van der Waals surface area (Å²) < 4.78 is 5.36. The minimum absolute atomic E-state index is 0.0168. The summed E-state index contributed by atoms with van der Waals surface area (Å²) in [6.07, 6.45) is 3.59. The van der Waals surface area contributed by atoms with Gasteiger partial charge < -0.3 is 25.8 Å². The normalized spacial score (nSPS) is 24.8. The van der Waals surface area contributed by atoms with Crippen molar-refractivity contribution in [2.45, 2.75) is 37.8 Å². The van der Waals surface area contributed by atoms with Gasteiger partial charge in [-0.2, -0.15) is 0 Å². The van der Waals surface area contributed by atoms with E-state index >= 15 is 0 Å². The van der Waals surface area contributed by atoms with Crippen molar-refractivity contribution >= 4 is 23.0 Å². The van der Waals surface area contributed by atoms with E-state index in [1.165, 1.54) is 0 Å². The number of hydrogen-bond acceptors (Lipinski definition) is 5. The monoisotopic (exact) mass is 291 g/mol. The predicted octanol–water partition coefficient (Wildman–Crippen LogP) is 1.34. The van der Waals surface area contributed by atoms with E-state index in [1.54, 1.807) is 6.07 Å². The molecule has 1 aliphatic carbocycles. The number of nitrogens with zero attached hydrogens (tertiary/aromatic N) is 1. The first-order chi connectivity index (χ1) is 10.1. The number of hydrogen-bond donors (Lipinski definition) is 3. The number of aliphatic hydroxyl groups excluding tert-OH is 1. The van der Waals surface area contributed by atoms with Crippen LogP contribution >= 0.6 is 0 Å². The van der Waals surface area contributed by atoms with Crippen LogP contribution in [0.5, 0.6) is 5.75 Å². The molecule has 3 rings (SSSR count). The van der Waals surface area contributed by atoms with Crippen molar-refractivity contribution < 1.29 is 14.6 Å². The number of nitrogens with two attached hydrogens (primary N) is 1. The number of anilines is 3. The summed E-state index contributed by atoms with van der Waals surface area (Å²) in [6, 6.07) is 3.61. The van der Waals surface area contributed by atoms with Gasteiger partial charge >= 0.3 is 0 Å². The summed E-state index contributed by atoms with van der Waals surface area (Å²) in [7, 11) is 1.93. The molecule has 0 radical (unpaired) electrons. The van der Waals surface area contributed by atoms with Gasteiger partial charge in [0.25, 0.3) is 5.91 Å². The number of benzene rings is 1. The molecule has 1 saturated carbocycles. The van der Waals surface area contributed by atoms with E-state index in [-0.39, 0.29) is 24.7 Å². The Morgan fingerprint density at radius 3 is 2.90 bits per heavy atom. The topological polar surface area (TPSA) is 87.8 Å². The zero-order valence-corrected chi connectivity index (χ0v) is 12.1. The molecule has 114 valence electrons. The van der Waals surface area contributed by atoms with Gasteiger partial charge in [0.1, 0.15) is 5.75 Å². The molecule has 1 heterocycles. The number of nitrogens with one attached hydrogen (secondary N) is 1. The lowest BCUT2D eigenvalue weighted by atomic mass is 9.91. The van der Waals surface area contributed by atoms with Crippen molar-refractivity contribution in [3.8, 4) is 5.75 Å². The average molecular weight is 291 g/mol. The Morgan fingerprint density at radius 2 is 2.14 bits per heavy atom. The molecule has 1 amide bonds. The first-order valence-corrected chi connectivity index (χ1v) is 7.33. The first-order valence-electron chi connectivity index (χ1n) is 7.33. The van der Waals surface area contributed by atoms with Crippen LogP contribution in [0, 0.1) is 0 Å². The van der Waals surface area contributed by atoms with E-state index in [0.29, 0.717) is 17.1 Å². The van der Waals surface area contributed by atoms with Crippen LogP contribution in [0.2, 0.25) is 0 Å². The van der Waals surface area contributed by atoms with Crippen LogP contribution in [0.3, 0.4) is 0 Å². The van der Waals surface area contributed by atoms with Crippen molar-refractivity contribution in [2.24, 2.45) is 0 Å². The Hall–Kier alpha value is -1.95. The number of carbonyl (C=O) groups excluding carboxylic acids is 1. The second-order valence-corrected chi connectivity index (χ2v) is 5.77. The van der Waals surface area contributed by atoms with E-state index < -0.39 is 0 Å². The molecule has 21 heavy (non-hydrogen) atoms. The van der Waals surface area contributed by atoms with E-state index in [2.05, 4.69) is 5.32 Å². The lowest BCUT2D eigenvalue weighted by Crippen LogP contribution is -2.43. The Bertz CT molecular complexity index is 561. The molecule has 2 aliphatic rings. The Morgan fingerprint density at radius 1 is 1.38 bits per heavy atom. The average Bonchev–Trinajstić information content (AvgIpc) is 2.47. The van der Waals surface area contributed by atoms with Crippen LogP contribution in [0.15, 0.2) is 12.1 Å². The van der Waals surface area contributed by atoms with Gasteiger partial charge in [-0.3, -0.25) is 4.79 Å². The Balaban J connectivity index is 1.90. The third kappa shape index (κ3) is 2.63. The summed E-state index contributed by atoms with van der Waals surface area (Å²) >= 11 is 0. The molecule has 1 fully saturated rings. The second kappa shape index (κ2) is 5.44. The van der Waals surface area contributed by atoms with Crippen LogP contribution in [0.4, 0.5) is 17.1 Å². The zero-order chi connectivity index (χ0) is 15.0. The summed E-state index contributed by atoms with van der Waals surface area (Å²) in [4.78, 5) is 13.4.